The Balaban J connectivity index is 0.00000156. The number of aryl methyl sites for hydroxylation is 1. The maximum absolute atomic E-state index is 13.5. The van der Waals surface area contributed by atoms with Crippen molar-refractivity contribution in [2.24, 2.45) is 17.8 Å². The summed E-state index contributed by atoms with van der Waals surface area (Å²) in [7, 11) is 1.69. The average Bonchev–Trinajstić information content (AvgIpc) is 3.25. The first kappa shape index (κ1) is 37.8. The summed E-state index contributed by atoms with van der Waals surface area (Å²) in [6.45, 7) is 6.01. The number of halogens is 1. The molecule has 1 amide bonds. The second kappa shape index (κ2) is 17.7. The summed E-state index contributed by atoms with van der Waals surface area (Å²) in [6, 6.07) is 21.7. The molecule has 268 valence electrons. The van der Waals surface area contributed by atoms with Gasteiger partial charge in [0.25, 0.3) is 5.91 Å². The predicted molar refractivity (Wildman–Crippen MR) is 204 cm³/mol. The Bertz CT molecular complexity index is 1670. The van der Waals surface area contributed by atoms with Gasteiger partial charge in [-0.1, -0.05) is 67.1 Å². The normalized spacial score (nSPS) is 22.8. The summed E-state index contributed by atoms with van der Waals surface area (Å²) in [6.07, 6.45) is 11.9. The number of aldehydes is 1. The molecule has 6 atom stereocenters. The number of anilines is 1. The number of nitrogens with one attached hydrogen (secondary N) is 1. The van der Waals surface area contributed by atoms with Crippen LogP contribution in [0, 0.1) is 17.8 Å². The fourth-order valence-corrected chi connectivity index (χ4v) is 8.76. The smallest absolute Gasteiger partial charge is 0.263 e. The number of allylic oxidation sites excluding steroid dienone is 2. The number of hydrogen-bond acceptors (Lipinski definition) is 6. The van der Waals surface area contributed by atoms with Crippen molar-refractivity contribution in [3.63, 3.8) is 0 Å². The minimum Gasteiger partial charge on any atom is -0.490 e. The van der Waals surface area contributed by atoms with E-state index in [2.05, 4.69) is 45.6 Å². The Kier molecular flexibility index (Phi) is 13.3. The lowest BCUT2D eigenvalue weighted by atomic mass is 9.66. The van der Waals surface area contributed by atoms with Crippen LogP contribution < -0.4 is 14.4 Å². The van der Waals surface area contributed by atoms with Gasteiger partial charge in [0.1, 0.15) is 23.0 Å². The second-order valence-corrected chi connectivity index (χ2v) is 16.0. The van der Waals surface area contributed by atoms with Crippen molar-refractivity contribution in [2.75, 3.05) is 38.8 Å². The van der Waals surface area contributed by atoms with E-state index in [1.807, 2.05) is 55.5 Å². The number of fused-ring (bicyclic) bond motifs is 3. The minimum atomic E-state index is -1.56. The third kappa shape index (κ3) is 8.87. The highest BCUT2D eigenvalue weighted by Crippen LogP contribution is 2.47. The molecule has 1 saturated carbocycles. The molecule has 4 unspecified atom stereocenters. The summed E-state index contributed by atoms with van der Waals surface area (Å²) >= 11 is 6.44. The van der Waals surface area contributed by atoms with Crippen molar-refractivity contribution in [1.82, 2.24) is 4.72 Å². The van der Waals surface area contributed by atoms with Crippen molar-refractivity contribution in [2.45, 2.75) is 69.5 Å². The second-order valence-electron chi connectivity index (χ2n) is 14.0. The molecule has 1 spiro atoms. The molecule has 1 N–H and O–H groups in total. The van der Waals surface area contributed by atoms with E-state index in [-0.39, 0.29) is 28.4 Å². The summed E-state index contributed by atoms with van der Waals surface area (Å²) in [5, 5.41) is 0.503. The number of carbonyl (C=O) groups excluding carboxylic acids is 2. The number of carbonyl (C=O) groups is 2. The van der Waals surface area contributed by atoms with Crippen molar-refractivity contribution in [3.05, 3.63) is 106 Å². The molecule has 1 heterocycles. The fraction of sp³-hybridized carbons (Fsp3) is 0.463. The Morgan fingerprint density at radius 1 is 1.14 bits per heavy atom. The minimum absolute atomic E-state index is 0.0899. The molecule has 2 aliphatic carbocycles. The van der Waals surface area contributed by atoms with Crippen LogP contribution >= 0.6 is 11.6 Å². The zero-order valence-corrected chi connectivity index (χ0v) is 31.3. The number of hydrogen-bond donors (Lipinski definition) is 1. The number of nitrogens with zero attached hydrogens (tertiary/aromatic N) is 1. The highest BCUT2D eigenvalue weighted by Gasteiger charge is 2.44. The molecule has 3 aromatic carbocycles. The molecule has 3 aliphatic rings. The zero-order chi connectivity index (χ0) is 35.7. The van der Waals surface area contributed by atoms with Gasteiger partial charge in [0.2, 0.25) is 0 Å². The van der Waals surface area contributed by atoms with Crippen molar-refractivity contribution < 1.29 is 23.3 Å². The van der Waals surface area contributed by atoms with Crippen LogP contribution in [0.1, 0.15) is 73.0 Å². The summed E-state index contributed by atoms with van der Waals surface area (Å²) in [5.41, 5.74) is 4.73. The molecule has 3 aromatic rings. The number of amides is 1. The van der Waals surface area contributed by atoms with Crippen LogP contribution in [0.15, 0.2) is 78.9 Å². The van der Waals surface area contributed by atoms with Gasteiger partial charge in [0, 0.05) is 49.2 Å². The van der Waals surface area contributed by atoms with Gasteiger partial charge in [-0.3, -0.25) is 9.52 Å². The Morgan fingerprint density at radius 3 is 2.62 bits per heavy atom. The number of methoxy groups -OCH3 is 1. The van der Waals surface area contributed by atoms with Crippen LogP contribution in [-0.4, -0.2) is 55.6 Å². The van der Waals surface area contributed by atoms with Crippen LogP contribution in [0.4, 0.5) is 5.69 Å². The van der Waals surface area contributed by atoms with Crippen LogP contribution in [-0.2, 0) is 38.8 Å². The summed E-state index contributed by atoms with van der Waals surface area (Å²) in [5.74, 6) is 0.914. The first-order chi connectivity index (χ1) is 24.2. The lowest BCUT2D eigenvalue weighted by Gasteiger charge is -2.45. The number of rotatable bonds is 11. The molecule has 0 saturated heterocycles. The molecule has 1 aliphatic heterocycles. The maximum atomic E-state index is 13.5. The van der Waals surface area contributed by atoms with E-state index in [9.17, 15) is 13.8 Å². The SMILES string of the molecule is CC/C=C/C(C=O)C1CCC1CN1C[C@@]2(CCCc3cc(Cl)ccc32)COc2ccc(C(=O)NS(=O)[C@H](C)Cc3ccccc3)cc21.COC. The highest BCUT2D eigenvalue weighted by atomic mass is 35.5. The van der Waals surface area contributed by atoms with Gasteiger partial charge < -0.3 is 19.2 Å². The summed E-state index contributed by atoms with van der Waals surface area (Å²) in [4.78, 5) is 28.1. The lowest BCUT2D eigenvalue weighted by molar-refractivity contribution is -0.112. The van der Waals surface area contributed by atoms with Crippen molar-refractivity contribution >= 4 is 40.5 Å². The third-order valence-electron chi connectivity index (χ3n) is 10.4. The lowest BCUT2D eigenvalue weighted by Crippen LogP contribution is -2.49. The Labute approximate surface area is 305 Å². The zero-order valence-electron chi connectivity index (χ0n) is 29.7. The van der Waals surface area contributed by atoms with E-state index in [0.717, 1.165) is 79.9 Å². The maximum Gasteiger partial charge on any atom is 0.263 e. The van der Waals surface area contributed by atoms with Gasteiger partial charge >= 0.3 is 0 Å². The van der Waals surface area contributed by atoms with Crippen LogP contribution in [0.2, 0.25) is 5.02 Å². The molecule has 1 fully saturated rings. The molecule has 7 nitrogen and oxygen atoms in total. The van der Waals surface area contributed by atoms with Crippen LogP contribution in [0.3, 0.4) is 0 Å². The van der Waals surface area contributed by atoms with Gasteiger partial charge in [-0.15, -0.1) is 0 Å². The molecule has 0 radical (unpaired) electrons. The molecule has 9 heteroatoms. The molecule has 0 aromatic heterocycles. The largest absolute Gasteiger partial charge is 0.490 e. The molecular weight excluding hydrogens is 668 g/mol. The first-order valence-corrected chi connectivity index (χ1v) is 19.4. The molecule has 0 bridgehead atoms. The van der Waals surface area contributed by atoms with Gasteiger partial charge in [0.15, 0.2) is 0 Å². The molecule has 50 heavy (non-hydrogen) atoms. The summed E-state index contributed by atoms with van der Waals surface area (Å²) < 4.78 is 26.8. The van der Waals surface area contributed by atoms with E-state index >= 15 is 0 Å². The molecular formula is C41H51ClN2O5S. The Hall–Kier alpha value is -3.46. The average molecular weight is 719 g/mol. The highest BCUT2D eigenvalue weighted by molar-refractivity contribution is 7.84. The predicted octanol–water partition coefficient (Wildman–Crippen LogP) is 7.91. The van der Waals surface area contributed by atoms with Gasteiger partial charge in [-0.25, -0.2) is 4.21 Å². The first-order valence-electron chi connectivity index (χ1n) is 17.8. The van der Waals surface area contributed by atoms with E-state index < -0.39 is 11.0 Å². The molecule has 6 rings (SSSR count). The standard InChI is InChI=1S/C39H45ClN2O4S.C2H6O/c1-3-4-11-32(24-43)34-16-13-31(34)23-42-25-39(19-8-12-29-21-33(40)15-17-35(29)39)26-46-37-18-14-30(22-36(37)42)38(44)41-47(45)27(2)20-28-9-6-5-7-10-28;1-3-2/h4-7,9-11,14-15,17-18,21-22,24,27,31-32,34H,3,8,12-13,16,19-20,23,25-26H2,1-2H3,(H,41,44);1-2H3/b11-4+;/t27-,31?,32?,34?,39+,47?;/m1./s1. The monoisotopic (exact) mass is 718 g/mol. The topological polar surface area (TPSA) is 84.9 Å². The van der Waals surface area contributed by atoms with Gasteiger partial charge in [-0.05, 0) is 111 Å². The van der Waals surface area contributed by atoms with E-state index in [4.69, 9.17) is 16.3 Å². The van der Waals surface area contributed by atoms with E-state index in [1.165, 1.54) is 11.1 Å². The van der Waals surface area contributed by atoms with Crippen molar-refractivity contribution in [3.8, 4) is 5.75 Å². The van der Waals surface area contributed by atoms with Crippen molar-refractivity contribution in [1.29, 1.82) is 0 Å². The van der Waals surface area contributed by atoms with Crippen LogP contribution in [0.25, 0.3) is 0 Å². The van der Waals surface area contributed by atoms with Crippen LogP contribution in [0.5, 0.6) is 5.75 Å². The fourth-order valence-electron chi connectivity index (χ4n) is 7.72. The van der Waals surface area contributed by atoms with E-state index in [0.29, 0.717) is 24.5 Å². The number of benzene rings is 3. The number of ether oxygens (including phenoxy) is 2. The third-order valence-corrected chi connectivity index (χ3v) is 11.9. The van der Waals surface area contributed by atoms with Gasteiger partial charge in [0.05, 0.1) is 17.5 Å². The van der Waals surface area contributed by atoms with E-state index in [1.54, 1.807) is 20.3 Å². The Morgan fingerprint density at radius 2 is 1.92 bits per heavy atom. The quantitative estimate of drug-likeness (QED) is 0.160. The van der Waals surface area contributed by atoms with Gasteiger partial charge in [-0.2, -0.15) is 0 Å².